The third kappa shape index (κ3) is 3.71. The average molecular weight is 235 g/mol. The molecule has 16 heavy (non-hydrogen) atoms. The van der Waals surface area contributed by atoms with Crippen LogP contribution in [0.4, 0.5) is 0 Å². The standard InChI is InChI=1S/C10H21NO5/c1-6-16-10(15,8(2,3)13)7(12)11-9(4,5)14/h13-15H,6H2,1-5H3,(H,11,12). The first-order valence-corrected chi connectivity index (χ1v) is 5.07. The quantitative estimate of drug-likeness (QED) is 0.474. The molecule has 0 aromatic carbocycles. The van der Waals surface area contributed by atoms with E-state index in [4.69, 9.17) is 4.74 Å². The Hall–Kier alpha value is -0.690. The number of hydrogen-bond donors (Lipinski definition) is 4. The Morgan fingerprint density at radius 3 is 1.88 bits per heavy atom. The molecular weight excluding hydrogens is 214 g/mol. The van der Waals surface area contributed by atoms with Gasteiger partial charge in [-0.1, -0.05) is 0 Å². The van der Waals surface area contributed by atoms with Crippen LogP contribution < -0.4 is 5.32 Å². The Labute approximate surface area is 95.2 Å². The molecule has 0 aromatic rings. The Balaban J connectivity index is 5.00. The van der Waals surface area contributed by atoms with Crippen molar-refractivity contribution in [2.75, 3.05) is 6.61 Å². The van der Waals surface area contributed by atoms with Gasteiger partial charge in [0.15, 0.2) is 0 Å². The monoisotopic (exact) mass is 235 g/mol. The zero-order valence-corrected chi connectivity index (χ0v) is 10.4. The smallest absolute Gasteiger partial charge is 0.285 e. The van der Waals surface area contributed by atoms with Crippen molar-refractivity contribution in [3.05, 3.63) is 0 Å². The van der Waals surface area contributed by atoms with Crippen LogP contribution in [-0.4, -0.2) is 44.9 Å². The van der Waals surface area contributed by atoms with Crippen molar-refractivity contribution >= 4 is 5.91 Å². The summed E-state index contributed by atoms with van der Waals surface area (Å²) < 4.78 is 4.88. The van der Waals surface area contributed by atoms with E-state index in [9.17, 15) is 20.1 Å². The molecule has 0 aliphatic heterocycles. The molecule has 1 unspecified atom stereocenters. The van der Waals surface area contributed by atoms with Gasteiger partial charge >= 0.3 is 0 Å². The van der Waals surface area contributed by atoms with Crippen LogP contribution in [0.2, 0.25) is 0 Å². The third-order valence-electron chi connectivity index (χ3n) is 1.91. The van der Waals surface area contributed by atoms with Gasteiger partial charge in [0.25, 0.3) is 11.7 Å². The van der Waals surface area contributed by atoms with Crippen molar-refractivity contribution in [2.45, 2.75) is 51.7 Å². The first-order valence-electron chi connectivity index (χ1n) is 5.07. The van der Waals surface area contributed by atoms with E-state index in [1.165, 1.54) is 27.7 Å². The van der Waals surface area contributed by atoms with E-state index in [1.54, 1.807) is 6.92 Å². The van der Waals surface area contributed by atoms with Crippen molar-refractivity contribution in [2.24, 2.45) is 0 Å². The fourth-order valence-corrected chi connectivity index (χ4v) is 1.09. The Kier molecular flexibility index (Phi) is 4.46. The molecule has 6 nitrogen and oxygen atoms in total. The van der Waals surface area contributed by atoms with Gasteiger partial charge in [-0.25, -0.2) is 0 Å². The van der Waals surface area contributed by atoms with Gasteiger partial charge in [0.2, 0.25) is 0 Å². The normalized spacial score (nSPS) is 16.8. The minimum atomic E-state index is -2.40. The summed E-state index contributed by atoms with van der Waals surface area (Å²) in [5.41, 5.74) is -3.30. The van der Waals surface area contributed by atoms with E-state index in [1.807, 2.05) is 0 Å². The molecule has 0 aliphatic carbocycles. The molecule has 4 N–H and O–H groups in total. The van der Waals surface area contributed by atoms with Gasteiger partial charge in [-0.15, -0.1) is 0 Å². The lowest BCUT2D eigenvalue weighted by molar-refractivity contribution is -0.273. The molecule has 0 fully saturated rings. The summed E-state index contributed by atoms with van der Waals surface area (Å²) in [6, 6.07) is 0. The largest absolute Gasteiger partial charge is 0.384 e. The molecule has 0 radical (unpaired) electrons. The Bertz CT molecular complexity index is 253. The highest BCUT2D eigenvalue weighted by Gasteiger charge is 2.51. The minimum Gasteiger partial charge on any atom is -0.384 e. The number of ether oxygens (including phenoxy) is 1. The second kappa shape index (κ2) is 4.67. The predicted molar refractivity (Wildman–Crippen MR) is 57.3 cm³/mol. The van der Waals surface area contributed by atoms with Gasteiger partial charge < -0.3 is 25.4 Å². The van der Waals surface area contributed by atoms with E-state index in [2.05, 4.69) is 5.32 Å². The molecule has 1 amide bonds. The summed E-state index contributed by atoms with van der Waals surface area (Å²) in [5, 5.41) is 31.2. The molecule has 6 heteroatoms. The van der Waals surface area contributed by atoms with Gasteiger partial charge in [-0.2, -0.15) is 0 Å². The third-order valence-corrected chi connectivity index (χ3v) is 1.91. The van der Waals surface area contributed by atoms with E-state index in [0.29, 0.717) is 0 Å². The predicted octanol–water partition coefficient (Wildman–Crippen LogP) is -0.673. The van der Waals surface area contributed by atoms with Crippen LogP contribution in [0.15, 0.2) is 0 Å². The second-order valence-electron chi connectivity index (χ2n) is 4.65. The maximum absolute atomic E-state index is 11.7. The first kappa shape index (κ1) is 15.3. The summed E-state index contributed by atoms with van der Waals surface area (Å²) in [7, 11) is 0. The van der Waals surface area contributed by atoms with Crippen LogP contribution in [0, 0.1) is 0 Å². The maximum Gasteiger partial charge on any atom is 0.285 e. The van der Waals surface area contributed by atoms with Gasteiger partial charge in [-0.05, 0) is 34.6 Å². The number of carbonyl (C=O) groups excluding carboxylic acids is 1. The SMILES string of the molecule is CCOC(O)(C(=O)NC(C)(C)O)C(C)(C)O. The molecule has 0 aliphatic rings. The highest BCUT2D eigenvalue weighted by molar-refractivity contribution is 5.85. The van der Waals surface area contributed by atoms with Crippen LogP contribution in [0.3, 0.4) is 0 Å². The molecule has 0 heterocycles. The number of rotatable bonds is 5. The molecule has 0 saturated heterocycles. The number of nitrogens with one attached hydrogen (secondary N) is 1. The molecule has 0 rings (SSSR count). The van der Waals surface area contributed by atoms with E-state index < -0.39 is 23.0 Å². The number of hydrogen-bond acceptors (Lipinski definition) is 5. The minimum absolute atomic E-state index is 0.0414. The second-order valence-corrected chi connectivity index (χ2v) is 4.65. The van der Waals surface area contributed by atoms with Crippen LogP contribution >= 0.6 is 0 Å². The van der Waals surface area contributed by atoms with Gasteiger partial charge in [-0.3, -0.25) is 4.79 Å². The molecular formula is C10H21NO5. The topological polar surface area (TPSA) is 99.0 Å². The number of carbonyl (C=O) groups is 1. The molecule has 0 spiro atoms. The van der Waals surface area contributed by atoms with Crippen molar-refractivity contribution < 1.29 is 24.9 Å². The molecule has 0 bridgehead atoms. The lowest BCUT2D eigenvalue weighted by atomic mass is 9.96. The van der Waals surface area contributed by atoms with Crippen LogP contribution in [-0.2, 0) is 9.53 Å². The zero-order valence-electron chi connectivity index (χ0n) is 10.4. The van der Waals surface area contributed by atoms with Crippen LogP contribution in [0.5, 0.6) is 0 Å². The van der Waals surface area contributed by atoms with Gasteiger partial charge in [0, 0.05) is 6.61 Å². The maximum atomic E-state index is 11.7. The zero-order chi connectivity index (χ0) is 13.2. The number of aliphatic hydroxyl groups is 3. The summed E-state index contributed by atoms with van der Waals surface area (Å²) in [6.45, 7) is 6.77. The van der Waals surface area contributed by atoms with Crippen molar-refractivity contribution in [1.82, 2.24) is 5.32 Å². The van der Waals surface area contributed by atoms with Crippen molar-refractivity contribution in [1.29, 1.82) is 0 Å². The summed E-state index contributed by atoms with van der Waals surface area (Å²) in [5.74, 6) is -3.39. The lowest BCUT2D eigenvalue weighted by Gasteiger charge is -2.37. The summed E-state index contributed by atoms with van der Waals surface area (Å²) >= 11 is 0. The number of amides is 1. The van der Waals surface area contributed by atoms with Gasteiger partial charge in [0.05, 0.1) is 0 Å². The first-order chi connectivity index (χ1) is 6.94. The van der Waals surface area contributed by atoms with Crippen molar-refractivity contribution in [3.8, 4) is 0 Å². The lowest BCUT2D eigenvalue weighted by Crippen LogP contribution is -2.64. The molecule has 0 saturated carbocycles. The summed E-state index contributed by atoms with van der Waals surface area (Å²) in [4.78, 5) is 11.7. The van der Waals surface area contributed by atoms with Crippen molar-refractivity contribution in [3.63, 3.8) is 0 Å². The van der Waals surface area contributed by atoms with Gasteiger partial charge in [0.1, 0.15) is 11.3 Å². The van der Waals surface area contributed by atoms with E-state index >= 15 is 0 Å². The molecule has 96 valence electrons. The van der Waals surface area contributed by atoms with E-state index in [-0.39, 0.29) is 6.61 Å². The highest BCUT2D eigenvalue weighted by atomic mass is 16.6. The fourth-order valence-electron chi connectivity index (χ4n) is 1.09. The van der Waals surface area contributed by atoms with E-state index in [0.717, 1.165) is 0 Å². The Morgan fingerprint density at radius 2 is 1.62 bits per heavy atom. The van der Waals surface area contributed by atoms with Crippen LogP contribution in [0.25, 0.3) is 0 Å². The average Bonchev–Trinajstić information content (AvgIpc) is 1.98. The Morgan fingerprint density at radius 1 is 1.19 bits per heavy atom. The summed E-state index contributed by atoms with van der Waals surface area (Å²) in [6.07, 6.45) is 0. The molecule has 1 atom stereocenters. The van der Waals surface area contributed by atoms with Crippen LogP contribution in [0.1, 0.15) is 34.6 Å². The fraction of sp³-hybridized carbons (Fsp3) is 0.900. The highest BCUT2D eigenvalue weighted by Crippen LogP contribution is 2.24. The molecule has 0 aromatic heterocycles.